The quantitative estimate of drug-likeness (QED) is 0.625. The standard InChI is InChI=1S/C28H26F3N5O3/c1-34-25(20-6-5-16(15-32)13-21(20)26(38)35-11-9-18(33)10-12-35)24-22(7-8-23(24)37)36(27(34)39)19-4-2-3-17(14-19)28(29,30)31/h2-6,13-14,18,25H,7-12,33H2,1H3. The van der Waals surface area contributed by atoms with E-state index in [1.165, 1.54) is 36.2 Å². The van der Waals surface area contributed by atoms with Crippen LogP contribution >= 0.6 is 0 Å². The van der Waals surface area contributed by atoms with E-state index < -0.39 is 23.8 Å². The summed E-state index contributed by atoms with van der Waals surface area (Å²) in [5.74, 6) is -0.583. The molecule has 1 fully saturated rings. The monoisotopic (exact) mass is 537 g/mol. The number of nitrogens with two attached hydrogens (primary N) is 1. The van der Waals surface area contributed by atoms with Gasteiger partial charge in [-0.2, -0.15) is 18.4 Å². The second-order valence-electron chi connectivity index (χ2n) is 10.0. The van der Waals surface area contributed by atoms with Gasteiger partial charge in [0.2, 0.25) is 0 Å². The number of Topliss-reactive ketones (excluding diaryl/α,β-unsaturated/α-hetero) is 1. The molecule has 2 heterocycles. The van der Waals surface area contributed by atoms with Gasteiger partial charge in [0.05, 0.1) is 28.9 Å². The summed E-state index contributed by atoms with van der Waals surface area (Å²) < 4.78 is 40.3. The van der Waals surface area contributed by atoms with E-state index in [2.05, 4.69) is 0 Å². The molecule has 0 radical (unpaired) electrons. The topological polar surface area (TPSA) is 111 Å². The molecule has 2 aromatic carbocycles. The van der Waals surface area contributed by atoms with E-state index in [0.717, 1.165) is 17.0 Å². The number of rotatable bonds is 3. The van der Waals surface area contributed by atoms with Crippen molar-refractivity contribution < 1.29 is 27.6 Å². The van der Waals surface area contributed by atoms with Gasteiger partial charge in [-0.1, -0.05) is 12.1 Å². The van der Waals surface area contributed by atoms with E-state index in [1.54, 1.807) is 11.0 Å². The number of piperidine rings is 1. The Labute approximate surface area is 223 Å². The molecule has 39 heavy (non-hydrogen) atoms. The fourth-order valence-corrected chi connectivity index (χ4v) is 5.56. The molecule has 0 aromatic heterocycles. The predicted octanol–water partition coefficient (Wildman–Crippen LogP) is 4.37. The number of nitriles is 1. The summed E-state index contributed by atoms with van der Waals surface area (Å²) in [4.78, 5) is 44.7. The van der Waals surface area contributed by atoms with Crippen molar-refractivity contribution >= 4 is 23.4 Å². The van der Waals surface area contributed by atoms with E-state index in [4.69, 9.17) is 5.73 Å². The third kappa shape index (κ3) is 4.65. The number of likely N-dealkylation sites (tertiary alicyclic amines) is 1. The van der Waals surface area contributed by atoms with E-state index >= 15 is 0 Å². The molecule has 202 valence electrons. The Morgan fingerprint density at radius 3 is 2.46 bits per heavy atom. The van der Waals surface area contributed by atoms with Crippen molar-refractivity contribution in [3.05, 3.63) is 76.0 Å². The summed E-state index contributed by atoms with van der Waals surface area (Å²) >= 11 is 0. The number of allylic oxidation sites excluding steroid dienone is 1. The van der Waals surface area contributed by atoms with Crippen LogP contribution in [-0.2, 0) is 11.0 Å². The largest absolute Gasteiger partial charge is 0.416 e. The lowest BCUT2D eigenvalue weighted by molar-refractivity contribution is -0.137. The van der Waals surface area contributed by atoms with Crippen molar-refractivity contribution in [2.45, 2.75) is 43.9 Å². The Balaban J connectivity index is 1.63. The average molecular weight is 538 g/mol. The molecule has 0 bridgehead atoms. The summed E-state index contributed by atoms with van der Waals surface area (Å²) in [5.41, 5.74) is 6.50. The van der Waals surface area contributed by atoms with Crippen molar-refractivity contribution in [3.63, 3.8) is 0 Å². The fraction of sp³-hybridized carbons (Fsp3) is 0.357. The number of carbonyl (C=O) groups excluding carboxylic acids is 3. The van der Waals surface area contributed by atoms with Crippen molar-refractivity contribution in [2.24, 2.45) is 5.73 Å². The molecule has 1 saturated heterocycles. The van der Waals surface area contributed by atoms with Crippen LogP contribution < -0.4 is 10.6 Å². The molecule has 1 unspecified atom stereocenters. The third-order valence-corrected chi connectivity index (χ3v) is 7.59. The molecule has 5 rings (SSSR count). The summed E-state index contributed by atoms with van der Waals surface area (Å²) in [6.45, 7) is 0.873. The summed E-state index contributed by atoms with van der Waals surface area (Å²) in [5, 5.41) is 9.51. The first-order valence-electron chi connectivity index (χ1n) is 12.6. The normalized spacial score (nSPS) is 20.4. The van der Waals surface area contributed by atoms with Crippen LogP contribution in [0.2, 0.25) is 0 Å². The van der Waals surface area contributed by atoms with Crippen molar-refractivity contribution in [1.29, 1.82) is 5.26 Å². The smallest absolute Gasteiger partial charge is 0.339 e. The van der Waals surface area contributed by atoms with Crippen LogP contribution in [0.25, 0.3) is 0 Å². The lowest BCUT2D eigenvalue weighted by Gasteiger charge is -2.41. The van der Waals surface area contributed by atoms with Gasteiger partial charge in [0.15, 0.2) is 5.78 Å². The predicted molar refractivity (Wildman–Crippen MR) is 135 cm³/mol. The number of nitrogens with zero attached hydrogens (tertiary/aromatic N) is 4. The number of hydrogen-bond donors (Lipinski definition) is 1. The zero-order valence-corrected chi connectivity index (χ0v) is 21.2. The highest BCUT2D eigenvalue weighted by atomic mass is 19.4. The molecule has 1 atom stereocenters. The van der Waals surface area contributed by atoms with Crippen LogP contribution in [0.1, 0.15) is 58.8 Å². The third-order valence-electron chi connectivity index (χ3n) is 7.59. The maximum atomic E-state index is 13.7. The van der Waals surface area contributed by atoms with Crippen LogP contribution in [0.15, 0.2) is 53.7 Å². The average Bonchev–Trinajstić information content (AvgIpc) is 3.29. The zero-order valence-electron chi connectivity index (χ0n) is 21.2. The van der Waals surface area contributed by atoms with Crippen LogP contribution in [-0.4, -0.2) is 53.7 Å². The Hall–Kier alpha value is -4.17. The molecule has 0 saturated carbocycles. The maximum Gasteiger partial charge on any atom is 0.416 e. The molecule has 3 aliphatic rings. The SMILES string of the molecule is CN1C(=O)N(c2cccc(C(F)(F)F)c2)C2=C(C(=O)CC2)C1c1ccc(C#N)cc1C(=O)N1CCC(N)CC1. The minimum absolute atomic E-state index is 0.00288. The van der Waals surface area contributed by atoms with Gasteiger partial charge in [-0.15, -0.1) is 0 Å². The Morgan fingerprint density at radius 1 is 1.08 bits per heavy atom. The summed E-state index contributed by atoms with van der Waals surface area (Å²) in [7, 11) is 1.45. The van der Waals surface area contributed by atoms with E-state index in [-0.39, 0.29) is 53.0 Å². The number of amides is 3. The fourth-order valence-electron chi connectivity index (χ4n) is 5.56. The first-order valence-corrected chi connectivity index (χ1v) is 12.6. The number of alkyl halides is 3. The van der Waals surface area contributed by atoms with Gasteiger partial charge in [0, 0.05) is 49.4 Å². The number of urea groups is 1. The number of ketones is 1. The second kappa shape index (κ2) is 9.85. The van der Waals surface area contributed by atoms with Crippen LogP contribution in [0.3, 0.4) is 0 Å². The number of benzene rings is 2. The van der Waals surface area contributed by atoms with Crippen LogP contribution in [0.4, 0.5) is 23.7 Å². The lowest BCUT2D eigenvalue weighted by Crippen LogP contribution is -2.49. The summed E-state index contributed by atoms with van der Waals surface area (Å²) in [6, 6.07) is 9.44. The van der Waals surface area contributed by atoms with Crippen molar-refractivity contribution in [2.75, 3.05) is 25.0 Å². The van der Waals surface area contributed by atoms with E-state index in [9.17, 15) is 32.8 Å². The van der Waals surface area contributed by atoms with Gasteiger partial charge >= 0.3 is 12.2 Å². The molecule has 2 aliphatic heterocycles. The molecular weight excluding hydrogens is 511 g/mol. The Kier molecular flexibility index (Phi) is 6.68. The molecule has 2 aromatic rings. The molecule has 11 heteroatoms. The molecule has 1 aliphatic carbocycles. The molecule has 2 N–H and O–H groups in total. The number of carbonyl (C=O) groups is 3. The zero-order chi connectivity index (χ0) is 28.1. The maximum absolute atomic E-state index is 13.7. The van der Waals surface area contributed by atoms with Crippen LogP contribution in [0.5, 0.6) is 0 Å². The minimum Gasteiger partial charge on any atom is -0.339 e. The number of hydrogen-bond acceptors (Lipinski definition) is 5. The van der Waals surface area contributed by atoms with Gasteiger partial charge in [-0.05, 0) is 55.2 Å². The molecule has 0 spiro atoms. The minimum atomic E-state index is -4.61. The highest BCUT2D eigenvalue weighted by Crippen LogP contribution is 2.46. The molecule has 8 nitrogen and oxygen atoms in total. The number of likely N-dealkylation sites (N-methyl/N-ethyl adjacent to an activating group) is 1. The van der Waals surface area contributed by atoms with E-state index in [0.29, 0.717) is 37.2 Å². The highest BCUT2D eigenvalue weighted by Gasteiger charge is 2.46. The van der Waals surface area contributed by atoms with Gasteiger partial charge in [0.25, 0.3) is 5.91 Å². The Bertz CT molecular complexity index is 1440. The number of halogens is 3. The molecular formula is C28H26F3N5O3. The van der Waals surface area contributed by atoms with Crippen LogP contribution in [0, 0.1) is 11.3 Å². The van der Waals surface area contributed by atoms with Crippen molar-refractivity contribution in [1.82, 2.24) is 9.80 Å². The first kappa shape index (κ1) is 26.4. The Morgan fingerprint density at radius 2 is 1.79 bits per heavy atom. The highest BCUT2D eigenvalue weighted by molar-refractivity contribution is 6.09. The molecule has 3 amide bonds. The van der Waals surface area contributed by atoms with Gasteiger partial charge in [-0.25, -0.2) is 4.79 Å². The van der Waals surface area contributed by atoms with Gasteiger partial charge in [-0.3, -0.25) is 14.5 Å². The van der Waals surface area contributed by atoms with Crippen molar-refractivity contribution in [3.8, 4) is 6.07 Å². The number of anilines is 1. The van der Waals surface area contributed by atoms with E-state index in [1.807, 2.05) is 6.07 Å². The first-order chi connectivity index (χ1) is 18.5. The summed E-state index contributed by atoms with van der Waals surface area (Å²) in [6.07, 6.45) is -3.10. The van der Waals surface area contributed by atoms with Gasteiger partial charge < -0.3 is 15.5 Å². The lowest BCUT2D eigenvalue weighted by atomic mass is 9.88. The second-order valence-corrected chi connectivity index (χ2v) is 10.0. The van der Waals surface area contributed by atoms with Gasteiger partial charge in [0.1, 0.15) is 0 Å².